The van der Waals surface area contributed by atoms with E-state index in [0.717, 1.165) is 5.57 Å². The van der Waals surface area contributed by atoms with Crippen LogP contribution in [0.2, 0.25) is 0 Å². The highest BCUT2D eigenvalue weighted by Crippen LogP contribution is 2.74. The molecule has 2 aliphatic heterocycles. The molecule has 2 N–H and O–H groups in total. The van der Waals surface area contributed by atoms with Gasteiger partial charge in [-0.05, 0) is 31.3 Å². The molecular formula is C20H24O7. The Morgan fingerprint density at radius 1 is 1.26 bits per heavy atom. The van der Waals surface area contributed by atoms with Crippen molar-refractivity contribution in [3.05, 3.63) is 11.6 Å². The van der Waals surface area contributed by atoms with Gasteiger partial charge in [-0.15, -0.1) is 0 Å². The van der Waals surface area contributed by atoms with E-state index in [4.69, 9.17) is 9.47 Å². The highest BCUT2D eigenvalue weighted by Gasteiger charge is 2.83. The van der Waals surface area contributed by atoms with Crippen LogP contribution in [0.15, 0.2) is 11.6 Å². The van der Waals surface area contributed by atoms with Gasteiger partial charge in [-0.1, -0.05) is 19.4 Å². The van der Waals surface area contributed by atoms with E-state index < -0.39 is 52.2 Å². The first-order chi connectivity index (χ1) is 12.6. The van der Waals surface area contributed by atoms with Gasteiger partial charge in [0.15, 0.2) is 11.4 Å². The van der Waals surface area contributed by atoms with E-state index in [1.54, 1.807) is 13.8 Å². The van der Waals surface area contributed by atoms with Crippen molar-refractivity contribution < 1.29 is 34.1 Å². The molecule has 0 amide bonds. The molecule has 7 heteroatoms. The molecule has 2 saturated carbocycles. The smallest absolute Gasteiger partial charge is 0.338 e. The average Bonchev–Trinajstić information content (AvgIpc) is 2.76. The van der Waals surface area contributed by atoms with Crippen molar-refractivity contribution >= 4 is 17.7 Å². The lowest BCUT2D eigenvalue weighted by molar-refractivity contribution is -0.268. The Morgan fingerprint density at radius 2 is 1.96 bits per heavy atom. The fraction of sp³-hybridized carbons (Fsp3) is 0.750. The minimum absolute atomic E-state index is 0.0394. The molecule has 0 aromatic carbocycles. The normalized spacial score (nSPS) is 55.9. The average molecular weight is 376 g/mol. The maximum absolute atomic E-state index is 12.8. The van der Waals surface area contributed by atoms with E-state index in [1.165, 1.54) is 6.08 Å². The lowest BCUT2D eigenvalue weighted by Gasteiger charge is -2.64. The summed E-state index contributed by atoms with van der Waals surface area (Å²) >= 11 is 0. The van der Waals surface area contributed by atoms with Crippen molar-refractivity contribution in [1.29, 1.82) is 0 Å². The van der Waals surface area contributed by atoms with E-state index in [2.05, 4.69) is 0 Å². The first-order valence-corrected chi connectivity index (χ1v) is 9.58. The van der Waals surface area contributed by atoms with Crippen molar-refractivity contribution in [2.75, 3.05) is 6.61 Å². The van der Waals surface area contributed by atoms with Gasteiger partial charge in [-0.25, -0.2) is 4.79 Å². The van der Waals surface area contributed by atoms with Gasteiger partial charge < -0.3 is 19.7 Å². The number of ether oxygens (including phenoxy) is 2. The van der Waals surface area contributed by atoms with Crippen LogP contribution < -0.4 is 0 Å². The number of fused-ring (bicyclic) bond motifs is 1. The molecule has 2 heterocycles. The van der Waals surface area contributed by atoms with Gasteiger partial charge in [-0.3, -0.25) is 9.59 Å². The molecule has 0 unspecified atom stereocenters. The summed E-state index contributed by atoms with van der Waals surface area (Å²) in [6.45, 7) is 5.43. The zero-order valence-electron chi connectivity index (χ0n) is 15.6. The van der Waals surface area contributed by atoms with E-state index in [0.29, 0.717) is 6.42 Å². The first-order valence-electron chi connectivity index (χ1n) is 9.58. The SMILES string of the molecule is CC1=CC(=O)[C@@H](O)[C@]2(C)[C@H]3[C@@]4(O)C(=O)OC[C@@]35[C@@H](C[C@@H]12)OC(=O)C[C@H]5[C@H]4C. The lowest BCUT2D eigenvalue weighted by Crippen LogP contribution is -2.73. The van der Waals surface area contributed by atoms with Gasteiger partial charge >= 0.3 is 11.9 Å². The summed E-state index contributed by atoms with van der Waals surface area (Å²) in [5.74, 6) is -3.28. The van der Waals surface area contributed by atoms with Gasteiger partial charge in [0.1, 0.15) is 18.8 Å². The fourth-order valence-corrected chi connectivity index (χ4v) is 7.56. The van der Waals surface area contributed by atoms with Crippen LogP contribution in [0.5, 0.6) is 0 Å². The summed E-state index contributed by atoms with van der Waals surface area (Å²) in [7, 11) is 0. The maximum Gasteiger partial charge on any atom is 0.338 e. The van der Waals surface area contributed by atoms with Crippen LogP contribution in [0.4, 0.5) is 0 Å². The van der Waals surface area contributed by atoms with Crippen molar-refractivity contribution in [2.24, 2.45) is 34.5 Å². The van der Waals surface area contributed by atoms with Crippen molar-refractivity contribution in [2.45, 2.75) is 51.4 Å². The summed E-state index contributed by atoms with van der Waals surface area (Å²) in [5, 5.41) is 22.7. The zero-order valence-corrected chi connectivity index (χ0v) is 15.6. The Labute approximate surface area is 156 Å². The minimum atomic E-state index is -1.86. The molecule has 0 aromatic rings. The summed E-state index contributed by atoms with van der Waals surface area (Å²) in [6.07, 6.45) is 0.151. The summed E-state index contributed by atoms with van der Waals surface area (Å²) in [5.41, 5.74) is -2.88. The van der Waals surface area contributed by atoms with Gasteiger partial charge in [0.2, 0.25) is 0 Å². The number of allylic oxidation sites excluding steroid dienone is 1. The Hall–Kier alpha value is -1.73. The van der Waals surface area contributed by atoms with Crippen molar-refractivity contribution in [1.82, 2.24) is 0 Å². The molecule has 146 valence electrons. The topological polar surface area (TPSA) is 110 Å². The number of carbonyl (C=O) groups is 3. The number of ketones is 1. The molecule has 9 atom stereocenters. The molecule has 7 nitrogen and oxygen atoms in total. The van der Waals surface area contributed by atoms with Gasteiger partial charge in [0.25, 0.3) is 0 Å². The number of cyclic esters (lactones) is 1. The van der Waals surface area contributed by atoms with Crippen LogP contribution in [0.3, 0.4) is 0 Å². The Morgan fingerprint density at radius 3 is 2.67 bits per heavy atom. The lowest BCUT2D eigenvalue weighted by atomic mass is 9.43. The van der Waals surface area contributed by atoms with Crippen molar-refractivity contribution in [3.8, 4) is 0 Å². The van der Waals surface area contributed by atoms with Gasteiger partial charge in [0.05, 0.1) is 5.41 Å². The van der Waals surface area contributed by atoms with Crippen LogP contribution in [0.1, 0.15) is 33.6 Å². The van der Waals surface area contributed by atoms with Crippen molar-refractivity contribution in [3.63, 3.8) is 0 Å². The quantitative estimate of drug-likeness (QED) is 0.588. The second kappa shape index (κ2) is 4.81. The molecule has 2 saturated heterocycles. The molecule has 1 spiro atoms. The number of aliphatic hydroxyl groups is 2. The monoisotopic (exact) mass is 376 g/mol. The number of carbonyl (C=O) groups excluding carboxylic acids is 3. The Kier molecular flexibility index (Phi) is 3.10. The number of aliphatic hydroxyl groups excluding tert-OH is 1. The molecule has 2 bridgehead atoms. The number of hydrogen-bond acceptors (Lipinski definition) is 7. The van der Waals surface area contributed by atoms with Gasteiger partial charge in [-0.2, -0.15) is 0 Å². The number of esters is 2. The van der Waals surface area contributed by atoms with E-state index in [1.807, 2.05) is 6.92 Å². The van der Waals surface area contributed by atoms with Gasteiger partial charge in [0, 0.05) is 23.7 Å². The van der Waals surface area contributed by atoms with Crippen LogP contribution in [0, 0.1) is 34.5 Å². The summed E-state index contributed by atoms with van der Waals surface area (Å²) < 4.78 is 11.2. The fourth-order valence-electron chi connectivity index (χ4n) is 7.56. The van der Waals surface area contributed by atoms with Crippen LogP contribution in [-0.4, -0.2) is 52.4 Å². The molecule has 3 aliphatic carbocycles. The standard InChI is InChI=1S/C20H24O7/c1-8-4-12(21)15(23)18(3)10(8)5-13-19-7-26-17(24)20(25,16(18)19)9(2)11(19)6-14(22)27-13/h4,9-11,13,15-16,23,25H,5-7H2,1-3H3/t9-,10+,11+,13-,15-,16-,18-,19-,20-/m1/s1. The Bertz CT molecular complexity index is 817. The minimum Gasteiger partial charge on any atom is -0.463 e. The second-order valence-electron chi connectivity index (χ2n) is 9.37. The summed E-state index contributed by atoms with van der Waals surface area (Å²) in [4.78, 5) is 37.7. The largest absolute Gasteiger partial charge is 0.463 e. The maximum atomic E-state index is 12.8. The molecule has 27 heavy (non-hydrogen) atoms. The second-order valence-corrected chi connectivity index (χ2v) is 9.37. The summed E-state index contributed by atoms with van der Waals surface area (Å²) in [6, 6.07) is 0. The third kappa shape index (κ3) is 1.62. The van der Waals surface area contributed by atoms with Crippen LogP contribution in [-0.2, 0) is 23.9 Å². The molecule has 5 rings (SSSR count). The predicted molar refractivity (Wildman–Crippen MR) is 90.0 cm³/mol. The molecular weight excluding hydrogens is 352 g/mol. The first kappa shape index (κ1) is 17.4. The van der Waals surface area contributed by atoms with E-state index in [-0.39, 0.29) is 30.8 Å². The molecule has 0 aromatic heterocycles. The van der Waals surface area contributed by atoms with Crippen LogP contribution >= 0.6 is 0 Å². The van der Waals surface area contributed by atoms with Crippen LogP contribution in [0.25, 0.3) is 0 Å². The van der Waals surface area contributed by atoms with E-state index >= 15 is 0 Å². The molecule has 0 radical (unpaired) electrons. The Balaban J connectivity index is 1.81. The third-order valence-corrected chi connectivity index (χ3v) is 8.61. The molecule has 4 fully saturated rings. The van der Waals surface area contributed by atoms with E-state index in [9.17, 15) is 24.6 Å². The third-order valence-electron chi connectivity index (χ3n) is 8.61. The number of rotatable bonds is 0. The highest BCUT2D eigenvalue weighted by atomic mass is 16.6. The molecule has 5 aliphatic rings. The number of hydrogen-bond donors (Lipinski definition) is 2. The highest BCUT2D eigenvalue weighted by molar-refractivity contribution is 5.96. The predicted octanol–water partition coefficient (Wildman–Crippen LogP) is 0.374. The zero-order chi connectivity index (χ0) is 19.5.